The highest BCUT2D eigenvalue weighted by Crippen LogP contribution is 2.40. The van der Waals surface area contributed by atoms with Crippen molar-refractivity contribution < 1.29 is 23.8 Å². The van der Waals surface area contributed by atoms with Crippen LogP contribution in [0.4, 0.5) is 5.69 Å². The molecule has 31 heavy (non-hydrogen) atoms. The number of hydrogen-bond acceptors (Lipinski definition) is 8. The molecule has 0 spiro atoms. The van der Waals surface area contributed by atoms with Gasteiger partial charge in [-0.05, 0) is 48.2 Å². The van der Waals surface area contributed by atoms with E-state index in [0.717, 1.165) is 10.6 Å². The van der Waals surface area contributed by atoms with Gasteiger partial charge in [-0.3, -0.25) is 9.69 Å². The lowest BCUT2D eigenvalue weighted by atomic mass is 10.1. The molecule has 1 heterocycles. The molecule has 0 unspecified atom stereocenters. The Morgan fingerprint density at radius 3 is 2.71 bits per heavy atom. The van der Waals surface area contributed by atoms with E-state index in [1.165, 1.54) is 30.9 Å². The molecule has 1 amide bonds. The Balaban J connectivity index is 1.89. The molecule has 1 aliphatic rings. The summed E-state index contributed by atoms with van der Waals surface area (Å²) in [6.07, 6.45) is 3.72. The Bertz CT molecular complexity index is 1070. The molecule has 0 radical (unpaired) electrons. The minimum Gasteiger partial charge on any atom is -0.493 e. The van der Waals surface area contributed by atoms with Crippen molar-refractivity contribution in [1.29, 1.82) is 0 Å². The summed E-state index contributed by atoms with van der Waals surface area (Å²) < 4.78 is 16.6. The molecule has 0 aliphatic carbocycles. The van der Waals surface area contributed by atoms with Gasteiger partial charge in [0.1, 0.15) is 0 Å². The van der Waals surface area contributed by atoms with Crippen molar-refractivity contribution in [2.24, 2.45) is 0 Å². The van der Waals surface area contributed by atoms with Crippen molar-refractivity contribution in [2.75, 3.05) is 32.0 Å². The highest BCUT2D eigenvalue weighted by Gasteiger charge is 2.33. The van der Waals surface area contributed by atoms with Crippen LogP contribution >= 0.6 is 51.7 Å². The van der Waals surface area contributed by atoms with Gasteiger partial charge in [0.2, 0.25) is 0 Å². The molecular weight excluding hydrogens is 522 g/mol. The molecule has 1 aliphatic heterocycles. The third-order valence-corrected chi connectivity index (χ3v) is 6.96. The number of esters is 1. The largest absolute Gasteiger partial charge is 0.493 e. The van der Waals surface area contributed by atoms with Gasteiger partial charge in [0.25, 0.3) is 5.91 Å². The van der Waals surface area contributed by atoms with Crippen LogP contribution in [0.1, 0.15) is 5.56 Å². The lowest BCUT2D eigenvalue weighted by molar-refractivity contribution is -0.142. The van der Waals surface area contributed by atoms with Gasteiger partial charge in [0.15, 0.2) is 22.4 Å². The van der Waals surface area contributed by atoms with E-state index in [9.17, 15) is 9.59 Å². The fourth-order valence-electron chi connectivity index (χ4n) is 2.71. The molecule has 1 saturated heterocycles. The summed E-state index contributed by atoms with van der Waals surface area (Å²) in [5.74, 6) is 0.0986. The van der Waals surface area contributed by atoms with Gasteiger partial charge in [0.05, 0.1) is 24.8 Å². The monoisotopic (exact) mass is 539 g/mol. The molecule has 6 nitrogen and oxygen atoms in total. The summed E-state index contributed by atoms with van der Waals surface area (Å²) in [6, 6.07) is 11.1. The molecular formula is C21H18BrNO5S3. The van der Waals surface area contributed by atoms with Gasteiger partial charge in [-0.25, -0.2) is 4.79 Å². The lowest BCUT2D eigenvalue weighted by Crippen LogP contribution is -2.27. The van der Waals surface area contributed by atoms with E-state index in [0.29, 0.717) is 30.8 Å². The minimum absolute atomic E-state index is 0.190. The predicted octanol–water partition coefficient (Wildman–Crippen LogP) is 5.14. The summed E-state index contributed by atoms with van der Waals surface area (Å²) >= 11 is 11.8. The average Bonchev–Trinajstić information content (AvgIpc) is 3.06. The normalized spacial score (nSPS) is 14.8. The number of amides is 1. The van der Waals surface area contributed by atoms with Crippen molar-refractivity contribution in [3.8, 4) is 11.5 Å². The highest BCUT2D eigenvalue weighted by atomic mass is 79.9. The van der Waals surface area contributed by atoms with Crippen molar-refractivity contribution in [3.63, 3.8) is 0 Å². The zero-order valence-electron chi connectivity index (χ0n) is 16.8. The number of anilines is 1. The molecule has 1 fully saturated rings. The highest BCUT2D eigenvalue weighted by molar-refractivity contribution is 9.10. The molecule has 0 aromatic heterocycles. The number of carbonyl (C=O) groups excluding carboxylic acids is 2. The van der Waals surface area contributed by atoms with Crippen molar-refractivity contribution >= 4 is 79.6 Å². The van der Waals surface area contributed by atoms with Crippen LogP contribution in [-0.4, -0.2) is 43.3 Å². The van der Waals surface area contributed by atoms with Crippen LogP contribution in [0.3, 0.4) is 0 Å². The second-order valence-electron chi connectivity index (χ2n) is 6.11. The Kier molecular flexibility index (Phi) is 8.04. The van der Waals surface area contributed by atoms with E-state index in [-0.39, 0.29) is 12.5 Å². The zero-order valence-corrected chi connectivity index (χ0v) is 20.9. The molecule has 0 saturated carbocycles. The SMILES string of the molecule is COC(=O)COc1cc(Br)c(/C=C2/SC(=S)N(c3cccc(SC)c3)C2=O)cc1OC. The Hall–Kier alpha value is -2.01. The summed E-state index contributed by atoms with van der Waals surface area (Å²) in [5.41, 5.74) is 1.45. The number of rotatable bonds is 7. The summed E-state index contributed by atoms with van der Waals surface area (Å²) in [6.45, 7) is -0.244. The molecule has 0 atom stereocenters. The van der Waals surface area contributed by atoms with Crippen LogP contribution in [0.25, 0.3) is 6.08 Å². The van der Waals surface area contributed by atoms with Gasteiger partial charge in [0, 0.05) is 9.37 Å². The summed E-state index contributed by atoms with van der Waals surface area (Å²) in [4.78, 5) is 27.5. The van der Waals surface area contributed by atoms with Crippen molar-refractivity contribution in [3.05, 3.63) is 51.3 Å². The second kappa shape index (κ2) is 10.5. The van der Waals surface area contributed by atoms with Gasteiger partial charge in [-0.2, -0.15) is 0 Å². The molecule has 2 aromatic carbocycles. The van der Waals surface area contributed by atoms with Gasteiger partial charge >= 0.3 is 5.97 Å². The van der Waals surface area contributed by atoms with E-state index >= 15 is 0 Å². The summed E-state index contributed by atoms with van der Waals surface area (Å²) in [7, 11) is 2.78. The molecule has 3 rings (SSSR count). The first kappa shape index (κ1) is 23.6. The maximum Gasteiger partial charge on any atom is 0.343 e. The second-order valence-corrected chi connectivity index (χ2v) is 9.52. The van der Waals surface area contributed by atoms with E-state index in [2.05, 4.69) is 20.7 Å². The van der Waals surface area contributed by atoms with Crippen LogP contribution in [0.15, 0.2) is 50.7 Å². The fourth-order valence-corrected chi connectivity index (χ4v) is 4.89. The number of hydrogen-bond donors (Lipinski definition) is 0. The van der Waals surface area contributed by atoms with Gasteiger partial charge < -0.3 is 14.2 Å². The fraction of sp³-hybridized carbons (Fsp3) is 0.190. The third kappa shape index (κ3) is 5.43. The maximum absolute atomic E-state index is 13.1. The van der Waals surface area contributed by atoms with Crippen LogP contribution < -0.4 is 14.4 Å². The first-order chi connectivity index (χ1) is 14.9. The smallest absolute Gasteiger partial charge is 0.343 e. The van der Waals surface area contributed by atoms with E-state index < -0.39 is 5.97 Å². The maximum atomic E-state index is 13.1. The number of halogens is 1. The van der Waals surface area contributed by atoms with Crippen molar-refractivity contribution in [1.82, 2.24) is 0 Å². The Morgan fingerprint density at radius 2 is 2.03 bits per heavy atom. The van der Waals surface area contributed by atoms with E-state index in [1.807, 2.05) is 30.5 Å². The standard InChI is InChI=1S/C21H18BrNO5S3/c1-26-16-7-12(15(22)10-17(16)28-11-19(24)27-2)8-18-20(25)23(21(29)31-18)13-5-4-6-14(9-13)30-3/h4-10H,11H2,1-3H3/b18-8+. The predicted molar refractivity (Wildman–Crippen MR) is 132 cm³/mol. The molecule has 162 valence electrons. The quantitative estimate of drug-likeness (QED) is 0.207. The molecule has 0 bridgehead atoms. The number of thioether (sulfide) groups is 2. The number of ether oxygens (including phenoxy) is 3. The molecule has 10 heteroatoms. The van der Waals surface area contributed by atoms with Gasteiger partial charge in [-0.1, -0.05) is 46.0 Å². The topological polar surface area (TPSA) is 65.1 Å². The number of carbonyl (C=O) groups is 2. The van der Waals surface area contributed by atoms with E-state index in [1.54, 1.807) is 30.0 Å². The van der Waals surface area contributed by atoms with Crippen LogP contribution in [0.2, 0.25) is 0 Å². The van der Waals surface area contributed by atoms with E-state index in [4.69, 9.17) is 21.7 Å². The average molecular weight is 540 g/mol. The lowest BCUT2D eigenvalue weighted by Gasteiger charge is -2.15. The number of benzene rings is 2. The number of thiocarbonyl (C=S) groups is 1. The Labute approximate surface area is 202 Å². The van der Waals surface area contributed by atoms with Crippen LogP contribution in [-0.2, 0) is 14.3 Å². The Morgan fingerprint density at radius 1 is 1.26 bits per heavy atom. The number of nitrogens with zero attached hydrogens (tertiary/aromatic N) is 1. The zero-order chi connectivity index (χ0) is 22.5. The molecule has 2 aromatic rings. The van der Waals surface area contributed by atoms with Crippen LogP contribution in [0, 0.1) is 0 Å². The van der Waals surface area contributed by atoms with Gasteiger partial charge in [-0.15, -0.1) is 11.8 Å². The minimum atomic E-state index is -0.503. The van der Waals surface area contributed by atoms with Crippen molar-refractivity contribution in [2.45, 2.75) is 4.90 Å². The first-order valence-electron chi connectivity index (χ1n) is 8.87. The third-order valence-electron chi connectivity index (χ3n) is 4.25. The molecule has 0 N–H and O–H groups in total. The first-order valence-corrected chi connectivity index (χ1v) is 12.1. The number of methoxy groups -OCH3 is 2. The van der Waals surface area contributed by atoms with Crippen LogP contribution in [0.5, 0.6) is 11.5 Å². The summed E-state index contributed by atoms with van der Waals surface area (Å²) in [5, 5.41) is 0.